The molecule has 0 unspecified atom stereocenters. The third-order valence-electron chi connectivity index (χ3n) is 8.17. The highest BCUT2D eigenvalue weighted by atomic mass is 35.5. The van der Waals surface area contributed by atoms with Gasteiger partial charge < -0.3 is 4.90 Å². The summed E-state index contributed by atoms with van der Waals surface area (Å²) in [5.41, 5.74) is 11.0. The Balaban J connectivity index is 1.52. The lowest BCUT2D eigenvalue weighted by Crippen LogP contribution is -2.28. The van der Waals surface area contributed by atoms with Crippen LogP contribution in [0.3, 0.4) is 0 Å². The van der Waals surface area contributed by atoms with Gasteiger partial charge in [0.25, 0.3) is 0 Å². The van der Waals surface area contributed by atoms with Gasteiger partial charge in [-0.1, -0.05) is 133 Å². The summed E-state index contributed by atoms with van der Waals surface area (Å²) in [6, 6.07) is 53.8. The molecule has 6 aromatic carbocycles. The Bertz CT molecular complexity index is 1800. The fraction of sp³-hybridized carbons (Fsp3) is 0.0256. The molecule has 0 aromatic heterocycles. The molecular formula is C39H28ClN. The van der Waals surface area contributed by atoms with Gasteiger partial charge in [-0.2, -0.15) is 0 Å². The van der Waals surface area contributed by atoms with Gasteiger partial charge in [0.2, 0.25) is 0 Å². The van der Waals surface area contributed by atoms with Crippen LogP contribution in [0.1, 0.15) is 27.8 Å². The molecule has 196 valence electrons. The second kappa shape index (κ2) is 10.3. The number of rotatable bonds is 6. The summed E-state index contributed by atoms with van der Waals surface area (Å²) in [5, 5.41) is 0.760. The van der Waals surface area contributed by atoms with Crippen LogP contribution in [0.5, 0.6) is 0 Å². The maximum Gasteiger partial charge on any atom is 0.0714 e. The van der Waals surface area contributed by atoms with Gasteiger partial charge >= 0.3 is 0 Å². The van der Waals surface area contributed by atoms with Gasteiger partial charge in [-0.3, -0.25) is 0 Å². The van der Waals surface area contributed by atoms with E-state index in [-0.39, 0.29) is 0 Å². The van der Waals surface area contributed by atoms with Gasteiger partial charge in [0, 0.05) is 27.6 Å². The number of hydrogen-bond donors (Lipinski definition) is 0. The third-order valence-corrected chi connectivity index (χ3v) is 8.48. The summed E-state index contributed by atoms with van der Waals surface area (Å²) in [6.07, 6.45) is 1.87. The predicted molar refractivity (Wildman–Crippen MR) is 174 cm³/mol. The van der Waals surface area contributed by atoms with E-state index in [1.165, 1.54) is 22.3 Å². The Morgan fingerprint density at radius 2 is 1.10 bits per heavy atom. The molecule has 41 heavy (non-hydrogen) atoms. The first-order valence-electron chi connectivity index (χ1n) is 13.8. The van der Waals surface area contributed by atoms with Crippen LogP contribution in [-0.2, 0) is 5.41 Å². The van der Waals surface area contributed by atoms with Gasteiger partial charge in [-0.25, -0.2) is 0 Å². The second-order valence-corrected chi connectivity index (χ2v) is 10.7. The van der Waals surface area contributed by atoms with Crippen LogP contribution in [-0.4, -0.2) is 0 Å². The summed E-state index contributed by atoms with van der Waals surface area (Å²) >= 11 is 7.08. The Kier molecular flexibility index (Phi) is 6.30. The first-order valence-corrected chi connectivity index (χ1v) is 14.2. The van der Waals surface area contributed by atoms with Crippen molar-refractivity contribution in [3.05, 3.63) is 191 Å². The normalized spacial score (nSPS) is 12.8. The standard InChI is InChI=1S/C39H28ClN/c1-2-28-21-23-32(24-22-28)41(31-17-10-5-11-18-31)33-25-26-35-34(27-33)38-36(19-12-20-37(38)40)39(35,29-13-6-3-7-14-29)30-15-8-4-9-16-30/h2-27H,1H2. The number of nitrogens with zero attached hydrogens (tertiary/aromatic N) is 1. The molecule has 1 aliphatic rings. The molecule has 0 atom stereocenters. The molecule has 7 rings (SSSR count). The molecule has 0 heterocycles. The minimum Gasteiger partial charge on any atom is -0.310 e. The molecule has 0 saturated heterocycles. The summed E-state index contributed by atoms with van der Waals surface area (Å²) in [4.78, 5) is 2.30. The SMILES string of the molecule is C=Cc1ccc(N(c2ccccc2)c2ccc3c(c2)-c2c(Cl)cccc2C3(c2ccccc2)c2ccccc2)cc1. The lowest BCUT2D eigenvalue weighted by atomic mass is 9.68. The van der Waals surface area contributed by atoms with Crippen molar-refractivity contribution in [3.8, 4) is 11.1 Å². The van der Waals surface area contributed by atoms with Crippen molar-refractivity contribution < 1.29 is 0 Å². The van der Waals surface area contributed by atoms with E-state index in [9.17, 15) is 0 Å². The minimum atomic E-state index is -0.486. The highest BCUT2D eigenvalue weighted by Gasteiger charge is 2.47. The smallest absolute Gasteiger partial charge is 0.0714 e. The van der Waals surface area contributed by atoms with Crippen molar-refractivity contribution in [2.75, 3.05) is 4.90 Å². The minimum absolute atomic E-state index is 0.486. The first kappa shape index (κ1) is 25.1. The summed E-state index contributed by atoms with van der Waals surface area (Å²) < 4.78 is 0. The number of para-hydroxylation sites is 1. The molecule has 0 bridgehead atoms. The van der Waals surface area contributed by atoms with Gasteiger partial charge in [-0.05, 0) is 75.8 Å². The van der Waals surface area contributed by atoms with E-state index in [1.807, 2.05) is 12.1 Å². The van der Waals surface area contributed by atoms with Crippen molar-refractivity contribution in [2.45, 2.75) is 5.41 Å². The van der Waals surface area contributed by atoms with Crippen LogP contribution >= 0.6 is 11.6 Å². The van der Waals surface area contributed by atoms with Gasteiger partial charge in [-0.15, -0.1) is 0 Å². The van der Waals surface area contributed by atoms with E-state index in [1.54, 1.807) is 0 Å². The van der Waals surface area contributed by atoms with Gasteiger partial charge in [0.1, 0.15) is 0 Å². The molecule has 0 fully saturated rings. The Morgan fingerprint density at radius 1 is 0.537 bits per heavy atom. The van der Waals surface area contributed by atoms with Crippen molar-refractivity contribution in [1.29, 1.82) is 0 Å². The van der Waals surface area contributed by atoms with Crippen molar-refractivity contribution in [1.82, 2.24) is 0 Å². The van der Waals surface area contributed by atoms with E-state index in [0.29, 0.717) is 0 Å². The van der Waals surface area contributed by atoms with Crippen molar-refractivity contribution >= 4 is 34.7 Å². The van der Waals surface area contributed by atoms with Crippen LogP contribution in [0.2, 0.25) is 5.02 Å². The van der Waals surface area contributed by atoms with Crippen LogP contribution in [0.25, 0.3) is 17.2 Å². The molecule has 0 N–H and O–H groups in total. The van der Waals surface area contributed by atoms with E-state index in [0.717, 1.165) is 38.8 Å². The summed E-state index contributed by atoms with van der Waals surface area (Å²) in [6.45, 7) is 3.93. The molecule has 2 heteroatoms. The molecule has 1 nitrogen and oxygen atoms in total. The fourth-order valence-corrected chi connectivity index (χ4v) is 6.69. The van der Waals surface area contributed by atoms with Crippen molar-refractivity contribution in [2.24, 2.45) is 0 Å². The Morgan fingerprint density at radius 3 is 1.71 bits per heavy atom. The summed E-state index contributed by atoms with van der Waals surface area (Å²) in [7, 11) is 0. The number of benzene rings is 6. The zero-order chi connectivity index (χ0) is 27.8. The monoisotopic (exact) mass is 545 g/mol. The molecule has 0 radical (unpaired) electrons. The van der Waals surface area contributed by atoms with Crippen molar-refractivity contribution in [3.63, 3.8) is 0 Å². The maximum atomic E-state index is 7.08. The highest BCUT2D eigenvalue weighted by Crippen LogP contribution is 2.58. The number of halogens is 1. The number of fused-ring (bicyclic) bond motifs is 3. The lowest BCUT2D eigenvalue weighted by Gasteiger charge is -2.34. The Hall–Kier alpha value is -4.85. The highest BCUT2D eigenvalue weighted by molar-refractivity contribution is 6.34. The van der Waals surface area contributed by atoms with Crippen LogP contribution < -0.4 is 4.90 Å². The fourth-order valence-electron chi connectivity index (χ4n) is 6.41. The number of hydrogen-bond acceptors (Lipinski definition) is 1. The second-order valence-electron chi connectivity index (χ2n) is 10.3. The zero-order valence-electron chi connectivity index (χ0n) is 22.5. The van der Waals surface area contributed by atoms with Crippen LogP contribution in [0.4, 0.5) is 17.1 Å². The van der Waals surface area contributed by atoms with Gasteiger partial charge in [0.15, 0.2) is 0 Å². The molecule has 0 amide bonds. The summed E-state index contributed by atoms with van der Waals surface area (Å²) in [5.74, 6) is 0. The molecule has 1 aliphatic carbocycles. The average Bonchev–Trinajstić information content (AvgIpc) is 3.34. The number of anilines is 3. The lowest BCUT2D eigenvalue weighted by molar-refractivity contribution is 0.768. The van der Waals surface area contributed by atoms with E-state index in [2.05, 4.69) is 157 Å². The molecule has 0 saturated carbocycles. The maximum absolute atomic E-state index is 7.08. The van der Waals surface area contributed by atoms with E-state index in [4.69, 9.17) is 11.6 Å². The quantitative estimate of drug-likeness (QED) is 0.201. The van der Waals surface area contributed by atoms with Crippen LogP contribution in [0, 0.1) is 0 Å². The molecule has 0 spiro atoms. The van der Waals surface area contributed by atoms with Crippen LogP contribution in [0.15, 0.2) is 158 Å². The molecule has 0 aliphatic heterocycles. The van der Waals surface area contributed by atoms with E-state index < -0.39 is 5.41 Å². The third kappa shape index (κ3) is 4.01. The zero-order valence-corrected chi connectivity index (χ0v) is 23.3. The largest absolute Gasteiger partial charge is 0.310 e. The van der Waals surface area contributed by atoms with E-state index >= 15 is 0 Å². The Labute approximate surface area is 246 Å². The topological polar surface area (TPSA) is 3.24 Å². The van der Waals surface area contributed by atoms with Gasteiger partial charge in [0.05, 0.1) is 5.41 Å². The molecule has 6 aromatic rings. The molecular weight excluding hydrogens is 518 g/mol. The average molecular weight is 546 g/mol. The predicted octanol–water partition coefficient (Wildman–Crippen LogP) is 10.8. The first-order chi connectivity index (χ1) is 20.2.